The van der Waals surface area contributed by atoms with Gasteiger partial charge in [0, 0.05) is 30.1 Å². The minimum absolute atomic E-state index is 0.652. The fourth-order valence-electron chi connectivity index (χ4n) is 2.47. The number of benzene rings is 1. The lowest BCUT2D eigenvalue weighted by molar-refractivity contribution is 0.231. The molecule has 1 unspecified atom stereocenters. The van der Waals surface area contributed by atoms with Gasteiger partial charge in [-0.05, 0) is 50.7 Å². The molecule has 0 amide bonds. The van der Waals surface area contributed by atoms with Gasteiger partial charge in [0.05, 0.1) is 0 Å². The van der Waals surface area contributed by atoms with Crippen LogP contribution in [0.3, 0.4) is 0 Å². The van der Waals surface area contributed by atoms with Crippen molar-refractivity contribution in [1.82, 2.24) is 15.5 Å². The zero-order valence-electron chi connectivity index (χ0n) is 11.7. The number of piperazine rings is 1. The molecule has 0 radical (unpaired) electrons. The summed E-state index contributed by atoms with van der Waals surface area (Å²) in [6.45, 7) is 5.63. The highest BCUT2D eigenvalue weighted by atomic mass is 79.9. The molecule has 0 spiro atoms. The molecular weight excluding hydrogens is 302 g/mol. The minimum atomic E-state index is 0.652. The van der Waals surface area contributed by atoms with Crippen molar-refractivity contribution < 1.29 is 0 Å². The van der Waals surface area contributed by atoms with E-state index in [1.54, 1.807) is 0 Å². The van der Waals surface area contributed by atoms with Gasteiger partial charge >= 0.3 is 0 Å². The summed E-state index contributed by atoms with van der Waals surface area (Å²) in [5.74, 6) is 0. The first-order chi connectivity index (χ1) is 9.24. The summed E-state index contributed by atoms with van der Waals surface area (Å²) < 4.78 is 1.15. The molecule has 0 aliphatic carbocycles. The molecule has 1 aliphatic heterocycles. The largest absolute Gasteiger partial charge is 0.316 e. The van der Waals surface area contributed by atoms with E-state index in [1.165, 1.54) is 25.1 Å². The molecule has 1 saturated heterocycles. The van der Waals surface area contributed by atoms with Crippen LogP contribution < -0.4 is 10.6 Å². The lowest BCUT2D eigenvalue weighted by Crippen LogP contribution is -2.49. The molecular formula is C15H24BrN3. The highest BCUT2D eigenvalue weighted by Crippen LogP contribution is 2.10. The van der Waals surface area contributed by atoms with Crippen LogP contribution in [0.1, 0.15) is 12.0 Å². The lowest BCUT2D eigenvalue weighted by Gasteiger charge is -2.30. The first-order valence-electron chi connectivity index (χ1n) is 7.11. The molecule has 106 valence electrons. The number of likely N-dealkylation sites (N-methyl/N-ethyl adjacent to an activating group) is 1. The van der Waals surface area contributed by atoms with Crippen LogP contribution in [0, 0.1) is 0 Å². The van der Waals surface area contributed by atoms with Gasteiger partial charge in [0.1, 0.15) is 0 Å². The first kappa shape index (κ1) is 15.0. The molecule has 0 aromatic heterocycles. The monoisotopic (exact) mass is 325 g/mol. The van der Waals surface area contributed by atoms with Crippen LogP contribution in [0.15, 0.2) is 28.7 Å². The maximum Gasteiger partial charge on any atom is 0.0207 e. The number of nitrogens with zero attached hydrogens (tertiary/aromatic N) is 1. The number of hydrogen-bond donors (Lipinski definition) is 2. The van der Waals surface area contributed by atoms with Crippen molar-refractivity contribution in [3.63, 3.8) is 0 Å². The van der Waals surface area contributed by atoms with E-state index < -0.39 is 0 Å². The Bertz CT molecular complexity index is 366. The van der Waals surface area contributed by atoms with Crippen molar-refractivity contribution in [3.05, 3.63) is 34.3 Å². The third-order valence-electron chi connectivity index (χ3n) is 3.63. The molecule has 0 saturated carbocycles. The van der Waals surface area contributed by atoms with Gasteiger partial charge < -0.3 is 15.5 Å². The maximum absolute atomic E-state index is 3.58. The van der Waals surface area contributed by atoms with Crippen LogP contribution in [0.2, 0.25) is 0 Å². The standard InChI is InChI=1S/C15H24BrN3/c1-19-11-10-18-15(12-19)7-9-17-8-6-13-2-4-14(16)5-3-13/h2-5,15,17-18H,6-12H2,1H3. The topological polar surface area (TPSA) is 27.3 Å². The molecule has 4 heteroatoms. The van der Waals surface area contributed by atoms with Crippen LogP contribution in [-0.2, 0) is 6.42 Å². The maximum atomic E-state index is 3.58. The zero-order chi connectivity index (χ0) is 13.5. The average Bonchev–Trinajstić information content (AvgIpc) is 2.41. The van der Waals surface area contributed by atoms with Gasteiger partial charge in [-0.15, -0.1) is 0 Å². The summed E-state index contributed by atoms with van der Waals surface area (Å²) in [6.07, 6.45) is 2.32. The Morgan fingerprint density at radius 1 is 1.32 bits per heavy atom. The van der Waals surface area contributed by atoms with E-state index in [4.69, 9.17) is 0 Å². The quantitative estimate of drug-likeness (QED) is 0.782. The van der Waals surface area contributed by atoms with E-state index in [0.717, 1.165) is 30.5 Å². The van der Waals surface area contributed by atoms with Crippen molar-refractivity contribution in [2.24, 2.45) is 0 Å². The van der Waals surface area contributed by atoms with E-state index in [-0.39, 0.29) is 0 Å². The average molecular weight is 326 g/mol. The Balaban J connectivity index is 1.55. The normalized spacial score (nSPS) is 20.6. The molecule has 3 nitrogen and oxygen atoms in total. The van der Waals surface area contributed by atoms with Crippen molar-refractivity contribution >= 4 is 15.9 Å². The van der Waals surface area contributed by atoms with Crippen LogP contribution in [0.4, 0.5) is 0 Å². The number of rotatable bonds is 6. The van der Waals surface area contributed by atoms with Crippen molar-refractivity contribution in [2.45, 2.75) is 18.9 Å². The summed E-state index contributed by atoms with van der Waals surface area (Å²) in [5.41, 5.74) is 1.39. The second-order valence-corrected chi connectivity index (χ2v) is 6.24. The SMILES string of the molecule is CN1CCNC(CCNCCc2ccc(Br)cc2)C1. The predicted octanol–water partition coefficient (Wildman–Crippen LogP) is 1.87. The molecule has 1 aromatic carbocycles. The summed E-state index contributed by atoms with van der Waals surface area (Å²) in [4.78, 5) is 2.41. The smallest absolute Gasteiger partial charge is 0.0207 e. The molecule has 1 atom stereocenters. The zero-order valence-corrected chi connectivity index (χ0v) is 13.2. The van der Waals surface area contributed by atoms with Crippen LogP contribution in [0.5, 0.6) is 0 Å². The van der Waals surface area contributed by atoms with E-state index >= 15 is 0 Å². The first-order valence-corrected chi connectivity index (χ1v) is 7.90. The Labute approximate surface area is 124 Å². The highest BCUT2D eigenvalue weighted by molar-refractivity contribution is 9.10. The van der Waals surface area contributed by atoms with Gasteiger partial charge in [-0.1, -0.05) is 28.1 Å². The Kier molecular flexibility index (Phi) is 6.31. The highest BCUT2D eigenvalue weighted by Gasteiger charge is 2.15. The lowest BCUT2D eigenvalue weighted by atomic mass is 10.1. The van der Waals surface area contributed by atoms with Gasteiger partial charge in [0.15, 0.2) is 0 Å². The molecule has 2 N–H and O–H groups in total. The second kappa shape index (κ2) is 8.00. The van der Waals surface area contributed by atoms with Gasteiger partial charge in [-0.25, -0.2) is 0 Å². The molecule has 1 aliphatic rings. The fraction of sp³-hybridized carbons (Fsp3) is 0.600. The van der Waals surface area contributed by atoms with Crippen molar-refractivity contribution in [1.29, 1.82) is 0 Å². The van der Waals surface area contributed by atoms with E-state index in [2.05, 4.69) is 62.8 Å². The number of nitrogens with one attached hydrogen (secondary N) is 2. The van der Waals surface area contributed by atoms with Gasteiger partial charge in [0.2, 0.25) is 0 Å². The molecule has 0 bridgehead atoms. The summed E-state index contributed by atoms with van der Waals surface area (Å²) >= 11 is 3.46. The van der Waals surface area contributed by atoms with E-state index in [1.807, 2.05) is 0 Å². The van der Waals surface area contributed by atoms with E-state index in [0.29, 0.717) is 6.04 Å². The Hall–Kier alpha value is -0.420. The molecule has 1 fully saturated rings. The predicted molar refractivity (Wildman–Crippen MR) is 84.6 cm³/mol. The van der Waals surface area contributed by atoms with Gasteiger partial charge in [-0.2, -0.15) is 0 Å². The summed E-state index contributed by atoms with van der Waals surface area (Å²) in [5, 5.41) is 7.12. The molecule has 2 rings (SSSR count). The Morgan fingerprint density at radius 3 is 2.84 bits per heavy atom. The van der Waals surface area contributed by atoms with Crippen molar-refractivity contribution in [2.75, 3.05) is 39.8 Å². The van der Waals surface area contributed by atoms with Gasteiger partial charge in [-0.3, -0.25) is 0 Å². The second-order valence-electron chi connectivity index (χ2n) is 5.33. The Morgan fingerprint density at radius 2 is 2.11 bits per heavy atom. The van der Waals surface area contributed by atoms with Gasteiger partial charge in [0.25, 0.3) is 0 Å². The van der Waals surface area contributed by atoms with Crippen molar-refractivity contribution in [3.8, 4) is 0 Å². The number of halogens is 1. The third kappa shape index (κ3) is 5.61. The fourth-order valence-corrected chi connectivity index (χ4v) is 2.73. The van der Waals surface area contributed by atoms with Crippen LogP contribution in [-0.4, -0.2) is 50.7 Å². The molecule has 1 aromatic rings. The minimum Gasteiger partial charge on any atom is -0.316 e. The summed E-state index contributed by atoms with van der Waals surface area (Å²) in [7, 11) is 2.20. The third-order valence-corrected chi connectivity index (χ3v) is 4.16. The van der Waals surface area contributed by atoms with Crippen LogP contribution in [0.25, 0.3) is 0 Å². The molecule has 19 heavy (non-hydrogen) atoms. The number of hydrogen-bond acceptors (Lipinski definition) is 3. The van der Waals surface area contributed by atoms with E-state index in [9.17, 15) is 0 Å². The molecule has 1 heterocycles. The van der Waals surface area contributed by atoms with Crippen LogP contribution >= 0.6 is 15.9 Å². The summed E-state index contributed by atoms with van der Waals surface area (Å²) in [6, 6.07) is 9.24.